The zero-order valence-corrected chi connectivity index (χ0v) is 13.9. The molecular formula is C15H26N2O2S. The summed E-state index contributed by atoms with van der Waals surface area (Å²) in [6, 6.07) is 5.45. The van der Waals surface area contributed by atoms with Crippen LogP contribution in [0.5, 0.6) is 0 Å². The van der Waals surface area contributed by atoms with E-state index in [9.17, 15) is 8.42 Å². The van der Waals surface area contributed by atoms with Gasteiger partial charge in [-0.3, -0.25) is 0 Å². The summed E-state index contributed by atoms with van der Waals surface area (Å²) in [4.78, 5) is 0.424. The number of sulfonamides is 1. The third-order valence-electron chi connectivity index (χ3n) is 3.37. The van der Waals surface area contributed by atoms with Crippen molar-refractivity contribution >= 4 is 10.0 Å². The van der Waals surface area contributed by atoms with Crippen LogP contribution in [0.4, 0.5) is 0 Å². The average Bonchev–Trinajstić information content (AvgIpc) is 2.37. The van der Waals surface area contributed by atoms with Crippen molar-refractivity contribution in [1.82, 2.24) is 9.62 Å². The minimum absolute atomic E-state index is 0.0349. The second-order valence-electron chi connectivity index (χ2n) is 5.28. The van der Waals surface area contributed by atoms with Crippen molar-refractivity contribution in [3.63, 3.8) is 0 Å². The molecule has 0 amide bonds. The highest BCUT2D eigenvalue weighted by atomic mass is 32.2. The van der Waals surface area contributed by atoms with Crippen LogP contribution in [-0.2, 0) is 16.6 Å². The van der Waals surface area contributed by atoms with Gasteiger partial charge in [0, 0.05) is 19.1 Å². The molecule has 0 aliphatic heterocycles. The summed E-state index contributed by atoms with van der Waals surface area (Å²) >= 11 is 0. The van der Waals surface area contributed by atoms with E-state index in [0.29, 0.717) is 18.0 Å². The molecule has 0 atom stereocenters. The molecule has 0 aromatic heterocycles. The number of nitrogens with one attached hydrogen (secondary N) is 1. The molecular weight excluding hydrogens is 272 g/mol. The van der Waals surface area contributed by atoms with E-state index < -0.39 is 10.0 Å². The molecule has 1 N–H and O–H groups in total. The Hall–Kier alpha value is -0.910. The van der Waals surface area contributed by atoms with Crippen LogP contribution < -0.4 is 5.32 Å². The van der Waals surface area contributed by atoms with Crippen molar-refractivity contribution in [2.75, 3.05) is 13.6 Å². The van der Waals surface area contributed by atoms with E-state index in [-0.39, 0.29) is 6.04 Å². The Morgan fingerprint density at radius 3 is 2.45 bits per heavy atom. The summed E-state index contributed by atoms with van der Waals surface area (Å²) < 4.78 is 27.3. The van der Waals surface area contributed by atoms with Gasteiger partial charge >= 0.3 is 0 Å². The summed E-state index contributed by atoms with van der Waals surface area (Å²) in [5.41, 5.74) is 1.86. The molecule has 1 rings (SSSR count). The Balaban J connectivity index is 3.30. The lowest BCUT2D eigenvalue weighted by molar-refractivity contribution is 0.354. The van der Waals surface area contributed by atoms with Gasteiger partial charge in [0.1, 0.15) is 0 Å². The van der Waals surface area contributed by atoms with Crippen LogP contribution in [0.3, 0.4) is 0 Å². The van der Waals surface area contributed by atoms with E-state index in [2.05, 4.69) is 5.32 Å². The predicted molar refractivity (Wildman–Crippen MR) is 83.3 cm³/mol. The lowest BCUT2D eigenvalue weighted by Gasteiger charge is -2.26. The van der Waals surface area contributed by atoms with Crippen molar-refractivity contribution in [3.05, 3.63) is 29.3 Å². The lowest BCUT2D eigenvalue weighted by atomic mass is 10.1. The smallest absolute Gasteiger partial charge is 0.243 e. The molecule has 0 heterocycles. The van der Waals surface area contributed by atoms with E-state index in [1.807, 2.05) is 46.9 Å². The number of hydrogen-bond acceptors (Lipinski definition) is 3. The Morgan fingerprint density at radius 2 is 1.95 bits per heavy atom. The van der Waals surface area contributed by atoms with Crippen LogP contribution >= 0.6 is 0 Å². The summed E-state index contributed by atoms with van der Waals surface area (Å²) in [5, 5.41) is 3.07. The molecule has 0 spiro atoms. The van der Waals surface area contributed by atoms with Gasteiger partial charge in [-0.05, 0) is 51.4 Å². The van der Waals surface area contributed by atoms with Gasteiger partial charge in [-0.1, -0.05) is 19.1 Å². The van der Waals surface area contributed by atoms with Crippen LogP contribution in [0.25, 0.3) is 0 Å². The quantitative estimate of drug-likeness (QED) is 0.841. The van der Waals surface area contributed by atoms with Gasteiger partial charge in [0.15, 0.2) is 0 Å². The SMILES string of the molecule is CCCN(C(C)C)S(=O)(=O)c1cccc(CNC)c1C. The Morgan fingerprint density at radius 1 is 1.30 bits per heavy atom. The van der Waals surface area contributed by atoms with Gasteiger partial charge < -0.3 is 5.32 Å². The highest BCUT2D eigenvalue weighted by Crippen LogP contribution is 2.24. The molecule has 20 heavy (non-hydrogen) atoms. The summed E-state index contributed by atoms with van der Waals surface area (Å²) in [6.07, 6.45) is 0.812. The third kappa shape index (κ3) is 3.59. The molecule has 5 heteroatoms. The van der Waals surface area contributed by atoms with Crippen LogP contribution in [0.2, 0.25) is 0 Å². The molecule has 1 aromatic rings. The zero-order valence-electron chi connectivity index (χ0n) is 13.1. The van der Waals surface area contributed by atoms with Crippen molar-refractivity contribution < 1.29 is 8.42 Å². The fraction of sp³-hybridized carbons (Fsp3) is 0.600. The number of rotatable bonds is 7. The first-order valence-electron chi connectivity index (χ1n) is 7.11. The second kappa shape index (κ2) is 7.20. The second-order valence-corrected chi connectivity index (χ2v) is 7.14. The fourth-order valence-corrected chi connectivity index (χ4v) is 4.32. The van der Waals surface area contributed by atoms with Gasteiger partial charge in [-0.2, -0.15) is 4.31 Å². The van der Waals surface area contributed by atoms with E-state index in [0.717, 1.165) is 17.5 Å². The third-order valence-corrected chi connectivity index (χ3v) is 5.59. The van der Waals surface area contributed by atoms with Gasteiger partial charge in [-0.15, -0.1) is 0 Å². The molecule has 0 saturated carbocycles. The van der Waals surface area contributed by atoms with Crippen molar-refractivity contribution in [1.29, 1.82) is 0 Å². The molecule has 114 valence electrons. The number of hydrogen-bond donors (Lipinski definition) is 1. The number of benzene rings is 1. The van der Waals surface area contributed by atoms with Crippen molar-refractivity contribution in [3.8, 4) is 0 Å². The maximum absolute atomic E-state index is 12.8. The predicted octanol–water partition coefficient (Wildman–Crippen LogP) is 2.52. The summed E-state index contributed by atoms with van der Waals surface area (Å²) in [5.74, 6) is 0. The Labute approximate surface area is 123 Å². The molecule has 0 aliphatic carbocycles. The maximum atomic E-state index is 12.8. The first-order valence-corrected chi connectivity index (χ1v) is 8.55. The molecule has 0 fully saturated rings. The van der Waals surface area contributed by atoms with Crippen LogP contribution in [0.1, 0.15) is 38.3 Å². The number of nitrogens with zero attached hydrogens (tertiary/aromatic N) is 1. The molecule has 0 aliphatic rings. The fourth-order valence-electron chi connectivity index (χ4n) is 2.32. The van der Waals surface area contributed by atoms with Gasteiger partial charge in [0.25, 0.3) is 0 Å². The van der Waals surface area contributed by atoms with E-state index in [1.54, 1.807) is 10.4 Å². The van der Waals surface area contributed by atoms with Crippen LogP contribution in [-0.4, -0.2) is 32.4 Å². The van der Waals surface area contributed by atoms with Crippen molar-refractivity contribution in [2.45, 2.75) is 51.6 Å². The van der Waals surface area contributed by atoms with E-state index in [4.69, 9.17) is 0 Å². The van der Waals surface area contributed by atoms with E-state index >= 15 is 0 Å². The van der Waals surface area contributed by atoms with Gasteiger partial charge in [0.2, 0.25) is 10.0 Å². The van der Waals surface area contributed by atoms with Gasteiger partial charge in [0.05, 0.1) is 4.90 Å². The summed E-state index contributed by atoms with van der Waals surface area (Å²) in [7, 11) is -1.57. The van der Waals surface area contributed by atoms with Crippen LogP contribution in [0, 0.1) is 6.92 Å². The molecule has 0 radical (unpaired) electrons. The normalized spacial score (nSPS) is 12.3. The largest absolute Gasteiger partial charge is 0.316 e. The standard InChI is InChI=1S/C15H26N2O2S/c1-6-10-17(12(2)3)20(18,19)15-9-7-8-14(11-16-5)13(15)4/h7-9,12,16H,6,10-11H2,1-5H3. The minimum atomic E-state index is -3.43. The van der Waals surface area contributed by atoms with Gasteiger partial charge in [-0.25, -0.2) is 8.42 Å². The topological polar surface area (TPSA) is 49.4 Å². The monoisotopic (exact) mass is 298 g/mol. The zero-order chi connectivity index (χ0) is 15.3. The maximum Gasteiger partial charge on any atom is 0.243 e. The molecule has 0 bridgehead atoms. The highest BCUT2D eigenvalue weighted by Gasteiger charge is 2.28. The highest BCUT2D eigenvalue weighted by molar-refractivity contribution is 7.89. The first-order chi connectivity index (χ1) is 9.36. The van der Waals surface area contributed by atoms with E-state index in [1.165, 1.54) is 0 Å². The Bertz CT molecular complexity index is 539. The summed E-state index contributed by atoms with van der Waals surface area (Å²) in [6.45, 7) is 8.93. The molecule has 0 unspecified atom stereocenters. The molecule has 1 aromatic carbocycles. The average molecular weight is 298 g/mol. The Kier molecular flexibility index (Phi) is 6.17. The molecule has 0 saturated heterocycles. The van der Waals surface area contributed by atoms with Crippen molar-refractivity contribution in [2.24, 2.45) is 0 Å². The lowest BCUT2D eigenvalue weighted by Crippen LogP contribution is -2.37. The minimum Gasteiger partial charge on any atom is -0.316 e. The van der Waals surface area contributed by atoms with Crippen LogP contribution in [0.15, 0.2) is 23.1 Å². The first kappa shape index (κ1) is 17.1. The molecule has 4 nitrogen and oxygen atoms in total.